The zero-order valence-electron chi connectivity index (χ0n) is 15.0. The molecule has 0 bridgehead atoms. The Balaban J connectivity index is 2.38. The molecule has 25 heavy (non-hydrogen) atoms. The molecule has 0 aliphatic carbocycles. The lowest BCUT2D eigenvalue weighted by Gasteiger charge is -2.19. The maximum atomic E-state index is 10.5. The van der Waals surface area contributed by atoms with Gasteiger partial charge in [-0.05, 0) is 42.2 Å². The predicted octanol–water partition coefficient (Wildman–Crippen LogP) is 3.39. The summed E-state index contributed by atoms with van der Waals surface area (Å²) in [6.45, 7) is 1.97. The molecule has 0 fully saturated rings. The summed E-state index contributed by atoms with van der Waals surface area (Å²) in [5.74, 6) is 0.645. The number of hydrogen-bond donors (Lipinski definition) is 3. The second-order valence-corrected chi connectivity index (χ2v) is 6.08. The lowest BCUT2D eigenvalue weighted by atomic mass is 9.89. The van der Waals surface area contributed by atoms with E-state index in [2.05, 4.69) is 6.92 Å². The van der Waals surface area contributed by atoms with Gasteiger partial charge in [0.15, 0.2) is 23.0 Å². The topological polar surface area (TPSA) is 79.2 Å². The molecule has 0 amide bonds. The zero-order valence-corrected chi connectivity index (χ0v) is 15.0. The highest BCUT2D eigenvalue weighted by atomic mass is 16.5. The van der Waals surface area contributed by atoms with Gasteiger partial charge in [-0.3, -0.25) is 0 Å². The SMILES string of the molecule is CCCc1cc(OC)c(O)c([C@H](CO)Cc2ccc(O)c(OC)c2)c1. The van der Waals surface area contributed by atoms with Gasteiger partial charge in [-0.15, -0.1) is 0 Å². The summed E-state index contributed by atoms with van der Waals surface area (Å²) < 4.78 is 10.4. The first-order chi connectivity index (χ1) is 12.0. The van der Waals surface area contributed by atoms with E-state index in [0.717, 1.165) is 24.0 Å². The zero-order chi connectivity index (χ0) is 18.4. The molecule has 5 nitrogen and oxygen atoms in total. The Hall–Kier alpha value is -2.40. The van der Waals surface area contributed by atoms with Crippen LogP contribution in [-0.2, 0) is 12.8 Å². The van der Waals surface area contributed by atoms with Gasteiger partial charge in [0.05, 0.1) is 20.8 Å². The van der Waals surface area contributed by atoms with Gasteiger partial charge in [-0.25, -0.2) is 0 Å². The molecular formula is C20H26O5. The summed E-state index contributed by atoms with van der Waals surface area (Å²) >= 11 is 0. The number of ether oxygens (including phenoxy) is 2. The average Bonchev–Trinajstić information content (AvgIpc) is 2.62. The number of aliphatic hydroxyl groups excluding tert-OH is 1. The van der Waals surface area contributed by atoms with Gasteiger partial charge >= 0.3 is 0 Å². The first-order valence-electron chi connectivity index (χ1n) is 8.40. The quantitative estimate of drug-likeness (QED) is 0.683. The molecule has 5 heteroatoms. The molecule has 0 aromatic heterocycles. The molecule has 0 aliphatic heterocycles. The van der Waals surface area contributed by atoms with Crippen molar-refractivity contribution in [2.24, 2.45) is 0 Å². The normalized spacial score (nSPS) is 12.0. The van der Waals surface area contributed by atoms with Crippen molar-refractivity contribution in [3.05, 3.63) is 47.0 Å². The summed E-state index contributed by atoms with van der Waals surface area (Å²) in [6.07, 6.45) is 2.35. The van der Waals surface area contributed by atoms with Crippen LogP contribution in [0, 0.1) is 0 Å². The molecule has 2 aromatic rings. The highest BCUT2D eigenvalue weighted by Gasteiger charge is 2.20. The predicted molar refractivity (Wildman–Crippen MR) is 96.8 cm³/mol. The minimum atomic E-state index is -0.292. The highest BCUT2D eigenvalue weighted by molar-refractivity contribution is 5.51. The maximum Gasteiger partial charge on any atom is 0.161 e. The standard InChI is InChI=1S/C20H26O5/c1-4-5-13-9-16(20(23)19(11-13)25-3)15(12-21)8-14-6-7-17(22)18(10-14)24-2/h6-7,9-11,15,21-23H,4-5,8,12H2,1-3H3/t15-/m0/s1. The van der Waals surface area contributed by atoms with Crippen LogP contribution in [0.2, 0.25) is 0 Å². The maximum absolute atomic E-state index is 10.5. The molecule has 0 heterocycles. The van der Waals surface area contributed by atoms with Gasteiger partial charge in [0.25, 0.3) is 0 Å². The lowest BCUT2D eigenvalue weighted by Crippen LogP contribution is -2.09. The van der Waals surface area contributed by atoms with Crippen molar-refractivity contribution < 1.29 is 24.8 Å². The van der Waals surface area contributed by atoms with E-state index >= 15 is 0 Å². The van der Waals surface area contributed by atoms with E-state index in [-0.39, 0.29) is 24.0 Å². The Morgan fingerprint density at radius 3 is 2.24 bits per heavy atom. The second kappa shape index (κ2) is 8.62. The Bertz CT molecular complexity index is 711. The van der Waals surface area contributed by atoms with Crippen LogP contribution in [0.25, 0.3) is 0 Å². The van der Waals surface area contributed by atoms with Crippen molar-refractivity contribution in [2.45, 2.75) is 32.1 Å². The molecular weight excluding hydrogens is 320 g/mol. The van der Waals surface area contributed by atoms with Crippen LogP contribution >= 0.6 is 0 Å². The Kier molecular flexibility index (Phi) is 6.53. The number of phenols is 2. The van der Waals surface area contributed by atoms with Crippen LogP contribution in [0.3, 0.4) is 0 Å². The second-order valence-electron chi connectivity index (χ2n) is 6.08. The molecule has 0 saturated heterocycles. The largest absolute Gasteiger partial charge is 0.504 e. The molecule has 0 radical (unpaired) electrons. The summed E-state index contributed by atoms with van der Waals surface area (Å²) in [5.41, 5.74) is 2.62. The number of aryl methyl sites for hydroxylation is 1. The fourth-order valence-electron chi connectivity index (χ4n) is 2.99. The monoisotopic (exact) mass is 346 g/mol. The Morgan fingerprint density at radius 1 is 0.960 bits per heavy atom. The number of hydrogen-bond acceptors (Lipinski definition) is 5. The van der Waals surface area contributed by atoms with Crippen molar-refractivity contribution in [2.75, 3.05) is 20.8 Å². The average molecular weight is 346 g/mol. The van der Waals surface area contributed by atoms with Crippen molar-refractivity contribution in [3.8, 4) is 23.0 Å². The number of methoxy groups -OCH3 is 2. The first-order valence-corrected chi connectivity index (χ1v) is 8.40. The fraction of sp³-hybridized carbons (Fsp3) is 0.400. The molecule has 2 rings (SSSR count). The highest BCUT2D eigenvalue weighted by Crippen LogP contribution is 2.38. The molecule has 0 unspecified atom stereocenters. The fourth-order valence-corrected chi connectivity index (χ4v) is 2.99. The third-order valence-electron chi connectivity index (χ3n) is 4.31. The van der Waals surface area contributed by atoms with Gasteiger partial charge in [0.2, 0.25) is 0 Å². The molecule has 136 valence electrons. The summed E-state index contributed by atoms with van der Waals surface area (Å²) in [6, 6.07) is 8.85. The van der Waals surface area contributed by atoms with Gasteiger partial charge in [-0.1, -0.05) is 25.5 Å². The van der Waals surface area contributed by atoms with E-state index in [1.54, 1.807) is 18.2 Å². The molecule has 1 atom stereocenters. The van der Waals surface area contributed by atoms with Crippen LogP contribution in [0.5, 0.6) is 23.0 Å². The number of rotatable bonds is 8. The minimum Gasteiger partial charge on any atom is -0.504 e. The Labute approximate surface area is 148 Å². The third-order valence-corrected chi connectivity index (χ3v) is 4.31. The van der Waals surface area contributed by atoms with Crippen LogP contribution in [0.1, 0.15) is 36.0 Å². The summed E-state index contributed by atoms with van der Waals surface area (Å²) in [5, 5.41) is 30.1. The van der Waals surface area contributed by atoms with E-state index in [0.29, 0.717) is 23.5 Å². The van der Waals surface area contributed by atoms with E-state index in [1.807, 2.05) is 12.1 Å². The van der Waals surface area contributed by atoms with E-state index in [4.69, 9.17) is 9.47 Å². The van der Waals surface area contributed by atoms with Gasteiger partial charge in [0, 0.05) is 11.5 Å². The van der Waals surface area contributed by atoms with Crippen LogP contribution in [0.15, 0.2) is 30.3 Å². The number of phenolic OH excluding ortho intramolecular Hbond substituents is 2. The van der Waals surface area contributed by atoms with Crippen molar-refractivity contribution in [1.29, 1.82) is 0 Å². The molecule has 2 aromatic carbocycles. The van der Waals surface area contributed by atoms with Gasteiger partial charge in [0.1, 0.15) is 0 Å². The van der Waals surface area contributed by atoms with Crippen LogP contribution in [-0.4, -0.2) is 36.1 Å². The van der Waals surface area contributed by atoms with Gasteiger partial charge < -0.3 is 24.8 Å². The summed E-state index contributed by atoms with van der Waals surface area (Å²) in [4.78, 5) is 0. The third kappa shape index (κ3) is 4.37. The molecule has 3 N–H and O–H groups in total. The van der Waals surface area contributed by atoms with Crippen LogP contribution < -0.4 is 9.47 Å². The number of aliphatic hydroxyl groups is 1. The first kappa shape index (κ1) is 18.9. The Morgan fingerprint density at radius 2 is 1.64 bits per heavy atom. The summed E-state index contributed by atoms with van der Waals surface area (Å²) in [7, 11) is 3.01. The molecule has 0 saturated carbocycles. The van der Waals surface area contributed by atoms with Gasteiger partial charge in [-0.2, -0.15) is 0 Å². The van der Waals surface area contributed by atoms with Crippen LogP contribution in [0.4, 0.5) is 0 Å². The van der Waals surface area contributed by atoms with E-state index in [1.165, 1.54) is 14.2 Å². The van der Waals surface area contributed by atoms with E-state index < -0.39 is 0 Å². The number of aromatic hydroxyl groups is 2. The lowest BCUT2D eigenvalue weighted by molar-refractivity contribution is 0.260. The van der Waals surface area contributed by atoms with Crippen molar-refractivity contribution >= 4 is 0 Å². The van der Waals surface area contributed by atoms with Crippen molar-refractivity contribution in [1.82, 2.24) is 0 Å². The minimum absolute atomic E-state index is 0.0622. The van der Waals surface area contributed by atoms with E-state index in [9.17, 15) is 15.3 Å². The molecule has 0 spiro atoms. The smallest absolute Gasteiger partial charge is 0.161 e. The molecule has 0 aliphatic rings. The number of benzene rings is 2. The van der Waals surface area contributed by atoms with Crippen molar-refractivity contribution in [3.63, 3.8) is 0 Å².